The number of carbonyl (C=O) groups is 1. The molecule has 0 aliphatic carbocycles. The highest BCUT2D eigenvalue weighted by Gasteiger charge is 2.51. The summed E-state index contributed by atoms with van der Waals surface area (Å²) in [5, 5.41) is 0.262. The van der Waals surface area contributed by atoms with Gasteiger partial charge in [-0.15, -0.1) is 0 Å². The van der Waals surface area contributed by atoms with E-state index >= 15 is 0 Å². The van der Waals surface area contributed by atoms with E-state index in [1.807, 2.05) is 35.2 Å². The zero-order chi connectivity index (χ0) is 17.4. The van der Waals surface area contributed by atoms with Gasteiger partial charge in [0.05, 0.1) is 5.02 Å². The number of anilines is 1. The molecule has 130 valence electrons. The summed E-state index contributed by atoms with van der Waals surface area (Å²) in [6, 6.07) is 11.2. The van der Waals surface area contributed by atoms with Crippen molar-refractivity contribution < 1.29 is 13.9 Å². The fourth-order valence-electron chi connectivity index (χ4n) is 3.66. The summed E-state index contributed by atoms with van der Waals surface area (Å²) in [7, 11) is 0. The highest BCUT2D eigenvalue weighted by molar-refractivity contribution is 6.30. The number of amides is 1. The quantitative estimate of drug-likeness (QED) is 0.842. The van der Waals surface area contributed by atoms with Crippen LogP contribution in [0.15, 0.2) is 42.6 Å². The van der Waals surface area contributed by atoms with Crippen molar-refractivity contribution in [3.63, 3.8) is 0 Å². The van der Waals surface area contributed by atoms with Crippen molar-refractivity contribution in [2.75, 3.05) is 31.1 Å². The number of benzene rings is 1. The van der Waals surface area contributed by atoms with Crippen LogP contribution < -0.4 is 4.90 Å². The molecular formula is C18H17ClFN3O2. The first-order chi connectivity index (χ1) is 12.1. The molecule has 2 aliphatic rings. The SMILES string of the molecule is O=C1OCC2(Cc3ccccc3)CN(c3ncc(Cl)cc3F)CCN12. The molecule has 2 aliphatic heterocycles. The van der Waals surface area contributed by atoms with E-state index in [4.69, 9.17) is 16.3 Å². The van der Waals surface area contributed by atoms with Crippen molar-refractivity contribution >= 4 is 23.5 Å². The Hall–Kier alpha value is -2.34. The number of halogens is 2. The van der Waals surface area contributed by atoms with Crippen molar-refractivity contribution in [2.45, 2.75) is 12.0 Å². The van der Waals surface area contributed by atoms with Gasteiger partial charge in [-0.25, -0.2) is 14.2 Å². The number of rotatable bonds is 3. The number of pyridine rings is 1. The largest absolute Gasteiger partial charge is 0.447 e. The number of piperazine rings is 1. The molecule has 0 radical (unpaired) electrons. The first-order valence-electron chi connectivity index (χ1n) is 8.12. The van der Waals surface area contributed by atoms with Crippen molar-refractivity contribution in [2.24, 2.45) is 0 Å². The molecule has 4 rings (SSSR count). The predicted octanol–water partition coefficient (Wildman–Crippen LogP) is 3.13. The standard InChI is InChI=1S/C18H17ClFN3O2/c19-14-8-15(20)16(21-10-14)22-6-7-23-17(24)25-12-18(23,11-22)9-13-4-2-1-3-5-13/h1-5,8,10H,6-7,9,11-12H2. The van der Waals surface area contributed by atoms with E-state index in [-0.39, 0.29) is 23.5 Å². The van der Waals surface area contributed by atoms with Crippen LogP contribution in [0.4, 0.5) is 15.0 Å². The maximum atomic E-state index is 14.3. The van der Waals surface area contributed by atoms with Crippen LogP contribution in [-0.4, -0.2) is 47.8 Å². The molecule has 0 bridgehead atoms. The summed E-state index contributed by atoms with van der Waals surface area (Å²) < 4.78 is 19.6. The molecule has 1 aromatic heterocycles. The van der Waals surface area contributed by atoms with Crippen LogP contribution >= 0.6 is 11.6 Å². The Kier molecular flexibility index (Phi) is 4.00. The topological polar surface area (TPSA) is 45.7 Å². The molecule has 1 unspecified atom stereocenters. The number of fused-ring (bicyclic) bond motifs is 1. The Morgan fingerprint density at radius 2 is 2.08 bits per heavy atom. The van der Waals surface area contributed by atoms with Crippen molar-refractivity contribution in [3.8, 4) is 0 Å². The lowest BCUT2D eigenvalue weighted by atomic mass is 9.88. The molecule has 2 aromatic rings. The molecule has 0 N–H and O–H groups in total. The molecule has 1 amide bonds. The van der Waals surface area contributed by atoms with Gasteiger partial charge in [0, 0.05) is 32.3 Å². The zero-order valence-corrected chi connectivity index (χ0v) is 14.2. The van der Waals surface area contributed by atoms with Crippen LogP contribution in [0.25, 0.3) is 0 Å². The maximum Gasteiger partial charge on any atom is 0.410 e. The molecular weight excluding hydrogens is 345 g/mol. The monoisotopic (exact) mass is 361 g/mol. The molecule has 1 aromatic carbocycles. The van der Waals surface area contributed by atoms with Gasteiger partial charge in [0.1, 0.15) is 12.1 Å². The second-order valence-corrected chi connectivity index (χ2v) is 6.91. The van der Waals surface area contributed by atoms with Gasteiger partial charge in [-0.2, -0.15) is 0 Å². The summed E-state index contributed by atoms with van der Waals surface area (Å²) in [4.78, 5) is 19.9. The van der Waals surface area contributed by atoms with Crippen LogP contribution in [0.5, 0.6) is 0 Å². The lowest BCUT2D eigenvalue weighted by molar-refractivity contribution is 0.139. The number of nitrogens with zero attached hydrogens (tertiary/aromatic N) is 3. The average Bonchev–Trinajstić information content (AvgIpc) is 2.92. The Balaban J connectivity index is 1.66. The third kappa shape index (κ3) is 2.91. The highest BCUT2D eigenvalue weighted by Crippen LogP contribution is 2.34. The molecule has 0 spiro atoms. The molecule has 25 heavy (non-hydrogen) atoms. The van der Waals surface area contributed by atoms with Crippen molar-refractivity contribution in [1.82, 2.24) is 9.88 Å². The number of hydrogen-bond acceptors (Lipinski definition) is 4. The number of carbonyl (C=O) groups excluding carboxylic acids is 1. The van der Waals surface area contributed by atoms with Crippen LogP contribution in [0.3, 0.4) is 0 Å². The first-order valence-corrected chi connectivity index (χ1v) is 8.50. The summed E-state index contributed by atoms with van der Waals surface area (Å²) in [6.07, 6.45) is 1.78. The normalized spacial score (nSPS) is 22.7. The third-order valence-electron chi connectivity index (χ3n) is 4.80. The van der Waals surface area contributed by atoms with Gasteiger partial charge in [0.2, 0.25) is 0 Å². The van der Waals surface area contributed by atoms with Gasteiger partial charge in [-0.3, -0.25) is 4.90 Å². The van der Waals surface area contributed by atoms with Crippen LogP contribution in [-0.2, 0) is 11.2 Å². The Labute approximate surface area is 150 Å². The average molecular weight is 362 g/mol. The van der Waals surface area contributed by atoms with Gasteiger partial charge < -0.3 is 9.64 Å². The van der Waals surface area contributed by atoms with Gasteiger partial charge in [-0.1, -0.05) is 41.9 Å². The van der Waals surface area contributed by atoms with E-state index in [0.29, 0.717) is 26.1 Å². The highest BCUT2D eigenvalue weighted by atomic mass is 35.5. The van der Waals surface area contributed by atoms with Crippen LogP contribution in [0.2, 0.25) is 5.02 Å². The fraction of sp³-hybridized carbons (Fsp3) is 0.333. The van der Waals surface area contributed by atoms with E-state index in [9.17, 15) is 9.18 Å². The summed E-state index contributed by atoms with van der Waals surface area (Å²) in [6.45, 7) is 1.71. The first kappa shape index (κ1) is 16.1. The lowest BCUT2D eigenvalue weighted by Gasteiger charge is -2.45. The smallest absolute Gasteiger partial charge is 0.410 e. The number of aromatic nitrogens is 1. The maximum absolute atomic E-state index is 14.3. The van der Waals surface area contributed by atoms with Crippen molar-refractivity contribution in [3.05, 3.63) is 59.0 Å². The number of hydrogen-bond donors (Lipinski definition) is 0. The van der Waals surface area contributed by atoms with Crippen LogP contribution in [0.1, 0.15) is 5.56 Å². The predicted molar refractivity (Wildman–Crippen MR) is 92.3 cm³/mol. The van der Waals surface area contributed by atoms with E-state index < -0.39 is 11.4 Å². The minimum Gasteiger partial charge on any atom is -0.447 e. The molecule has 7 heteroatoms. The van der Waals surface area contributed by atoms with E-state index in [1.165, 1.54) is 12.3 Å². The Bertz CT molecular complexity index is 804. The molecule has 1 atom stereocenters. The Morgan fingerprint density at radius 1 is 1.28 bits per heavy atom. The number of cyclic esters (lactones) is 1. The minimum absolute atomic E-state index is 0.260. The fourth-order valence-corrected chi connectivity index (χ4v) is 3.80. The van der Waals surface area contributed by atoms with Crippen LogP contribution in [0, 0.1) is 5.82 Å². The summed E-state index contributed by atoms with van der Waals surface area (Å²) >= 11 is 5.80. The van der Waals surface area contributed by atoms with Gasteiger partial charge in [-0.05, 0) is 11.6 Å². The lowest BCUT2D eigenvalue weighted by Crippen LogP contribution is -2.62. The molecule has 2 saturated heterocycles. The van der Waals surface area contributed by atoms with Crippen molar-refractivity contribution in [1.29, 1.82) is 0 Å². The van der Waals surface area contributed by atoms with E-state index in [2.05, 4.69) is 4.98 Å². The van der Waals surface area contributed by atoms with E-state index in [1.54, 1.807) is 4.90 Å². The zero-order valence-electron chi connectivity index (χ0n) is 13.5. The molecule has 5 nitrogen and oxygen atoms in total. The summed E-state index contributed by atoms with van der Waals surface area (Å²) in [5.41, 5.74) is 0.585. The minimum atomic E-state index is -0.523. The van der Waals surface area contributed by atoms with Gasteiger partial charge in [0.25, 0.3) is 0 Å². The Morgan fingerprint density at radius 3 is 2.84 bits per heavy atom. The second kappa shape index (κ2) is 6.19. The van der Waals surface area contributed by atoms with E-state index in [0.717, 1.165) is 5.56 Å². The van der Waals surface area contributed by atoms with Gasteiger partial charge in [0.15, 0.2) is 11.6 Å². The van der Waals surface area contributed by atoms with Gasteiger partial charge >= 0.3 is 6.09 Å². The second-order valence-electron chi connectivity index (χ2n) is 6.47. The molecule has 2 fully saturated rings. The summed E-state index contributed by atoms with van der Waals surface area (Å²) in [5.74, 6) is -0.197. The number of ether oxygens (including phenoxy) is 1. The third-order valence-corrected chi connectivity index (χ3v) is 5.01. The molecule has 0 saturated carbocycles. The molecule has 3 heterocycles.